The van der Waals surface area contributed by atoms with E-state index in [4.69, 9.17) is 15.6 Å². The van der Waals surface area contributed by atoms with Crippen LogP contribution in [0.2, 0.25) is 0 Å². The second kappa shape index (κ2) is 8.00. The molecule has 2 aliphatic carbocycles. The van der Waals surface area contributed by atoms with Crippen LogP contribution in [-0.4, -0.2) is 44.0 Å². The van der Waals surface area contributed by atoms with Gasteiger partial charge in [-0.25, -0.2) is 18.9 Å². The molecular weight excluding hydrogens is 497 g/mol. The molecule has 1 fully saturated rings. The highest BCUT2D eigenvalue weighted by Crippen LogP contribution is 2.54. The van der Waals surface area contributed by atoms with Gasteiger partial charge < -0.3 is 15.4 Å². The van der Waals surface area contributed by atoms with E-state index in [0.717, 1.165) is 53.6 Å². The van der Waals surface area contributed by atoms with Crippen molar-refractivity contribution < 1.29 is 22.7 Å². The molecular formula is C27H23F3N6O2. The first-order chi connectivity index (χ1) is 18.2. The van der Waals surface area contributed by atoms with E-state index in [0.29, 0.717) is 17.9 Å². The Balaban J connectivity index is 1.38. The number of amides is 1. The lowest BCUT2D eigenvalue weighted by Crippen LogP contribution is -2.44. The van der Waals surface area contributed by atoms with Crippen molar-refractivity contribution in [2.24, 2.45) is 5.73 Å². The molecule has 1 saturated carbocycles. The maximum absolute atomic E-state index is 15.0. The lowest BCUT2D eigenvalue weighted by Gasteiger charge is -2.36. The van der Waals surface area contributed by atoms with E-state index in [1.165, 1.54) is 4.90 Å². The summed E-state index contributed by atoms with van der Waals surface area (Å²) < 4.78 is 48.1. The number of nitrogens with two attached hydrogens (primary N) is 1. The van der Waals surface area contributed by atoms with E-state index in [9.17, 15) is 13.6 Å². The molecule has 3 aromatic heterocycles. The van der Waals surface area contributed by atoms with Gasteiger partial charge in [-0.05, 0) is 55.5 Å². The van der Waals surface area contributed by atoms with Crippen molar-refractivity contribution >= 4 is 11.4 Å². The fourth-order valence-electron chi connectivity index (χ4n) is 6.09. The van der Waals surface area contributed by atoms with Gasteiger partial charge in [0.2, 0.25) is 0 Å². The van der Waals surface area contributed by atoms with Gasteiger partial charge in [-0.2, -0.15) is 13.9 Å². The summed E-state index contributed by atoms with van der Waals surface area (Å²) in [5, 5.41) is 4.74. The first-order valence-corrected chi connectivity index (χ1v) is 12.4. The second-order valence-electron chi connectivity index (χ2n) is 10.3. The van der Waals surface area contributed by atoms with Crippen LogP contribution < -0.4 is 10.5 Å². The van der Waals surface area contributed by atoms with Crippen molar-refractivity contribution in [3.05, 3.63) is 76.9 Å². The molecule has 0 saturated heterocycles. The van der Waals surface area contributed by atoms with Gasteiger partial charge in [-0.3, -0.25) is 4.79 Å². The van der Waals surface area contributed by atoms with E-state index in [-0.39, 0.29) is 16.9 Å². The Hall–Kier alpha value is -3.99. The Labute approximate surface area is 215 Å². The van der Waals surface area contributed by atoms with Gasteiger partial charge in [0.25, 0.3) is 5.91 Å². The summed E-state index contributed by atoms with van der Waals surface area (Å²) >= 11 is 0. The molecule has 0 unspecified atom stereocenters. The van der Waals surface area contributed by atoms with Gasteiger partial charge in [0, 0.05) is 48.2 Å². The Morgan fingerprint density at radius 1 is 1.13 bits per heavy atom. The van der Waals surface area contributed by atoms with Gasteiger partial charge in [0.15, 0.2) is 0 Å². The number of pyridine rings is 1. The molecule has 0 radical (unpaired) electrons. The van der Waals surface area contributed by atoms with Crippen LogP contribution in [0.15, 0.2) is 42.9 Å². The van der Waals surface area contributed by atoms with Crippen molar-refractivity contribution in [3.63, 3.8) is 0 Å². The van der Waals surface area contributed by atoms with E-state index in [1.807, 2.05) is 12.1 Å². The molecule has 7 rings (SSSR count). The number of aromatic nitrogens is 4. The van der Waals surface area contributed by atoms with Crippen molar-refractivity contribution in [3.8, 4) is 16.9 Å². The van der Waals surface area contributed by atoms with E-state index in [2.05, 4.69) is 9.97 Å². The molecule has 4 aromatic rings. The zero-order valence-corrected chi connectivity index (χ0v) is 20.4. The number of alkyl halides is 2. The van der Waals surface area contributed by atoms with Crippen LogP contribution in [0.25, 0.3) is 16.6 Å². The highest BCUT2D eigenvalue weighted by molar-refractivity contribution is 5.98. The van der Waals surface area contributed by atoms with E-state index >= 15 is 4.39 Å². The van der Waals surface area contributed by atoms with Crippen molar-refractivity contribution in [2.45, 2.75) is 49.8 Å². The Kier molecular flexibility index (Phi) is 4.88. The monoisotopic (exact) mass is 520 g/mol. The zero-order valence-electron chi connectivity index (χ0n) is 20.4. The fraction of sp³-hybridized carbons (Fsp3) is 0.333. The number of ether oxygens (including phenoxy) is 1. The lowest BCUT2D eigenvalue weighted by atomic mass is 9.77. The third kappa shape index (κ3) is 3.20. The number of benzene rings is 1. The maximum atomic E-state index is 15.0. The Bertz CT molecular complexity index is 1620. The third-order valence-electron chi connectivity index (χ3n) is 8.22. The fourth-order valence-corrected chi connectivity index (χ4v) is 6.09. The average Bonchev–Trinajstić information content (AvgIpc) is 3.41. The van der Waals surface area contributed by atoms with Crippen LogP contribution in [0.3, 0.4) is 0 Å². The Morgan fingerprint density at radius 2 is 1.89 bits per heavy atom. The van der Waals surface area contributed by atoms with Gasteiger partial charge in [-0.1, -0.05) is 0 Å². The molecule has 1 aliphatic heterocycles. The number of hydrogen-bond acceptors (Lipinski definition) is 6. The number of rotatable bonds is 4. The second-order valence-corrected chi connectivity index (χ2v) is 10.3. The molecule has 0 spiro atoms. The quantitative estimate of drug-likeness (QED) is 0.425. The van der Waals surface area contributed by atoms with Gasteiger partial charge in [-0.15, -0.1) is 0 Å². The minimum Gasteiger partial charge on any atom is -0.434 e. The van der Waals surface area contributed by atoms with Crippen molar-refractivity contribution in [1.29, 1.82) is 0 Å². The standard InChI is InChI=1S/C27H23F3N6O2/c1-35-18-10-15(21-19(38-26(29)30)4-3-16(28)22(21)24(35)37)20-17-9-13(5-8-36(17)34-23(18)20)14-11-32-25(33-12-14)27(31)6-2-7-27/h3-5,8-9,11-12,15,18,26H,2,6-7,10,31H2,1H3/t15-,18+/m0/s1. The lowest BCUT2D eigenvalue weighted by molar-refractivity contribution is -0.0506. The molecule has 194 valence electrons. The van der Waals surface area contributed by atoms with Crippen LogP contribution in [0, 0.1) is 5.82 Å². The van der Waals surface area contributed by atoms with Gasteiger partial charge >= 0.3 is 6.61 Å². The predicted molar refractivity (Wildman–Crippen MR) is 130 cm³/mol. The summed E-state index contributed by atoms with van der Waals surface area (Å²) in [6.07, 6.45) is 8.44. The van der Waals surface area contributed by atoms with Crippen LogP contribution in [0.5, 0.6) is 5.75 Å². The summed E-state index contributed by atoms with van der Waals surface area (Å²) in [4.78, 5) is 23.7. The molecule has 8 nitrogen and oxygen atoms in total. The molecule has 1 aromatic carbocycles. The molecule has 11 heteroatoms. The maximum Gasteiger partial charge on any atom is 0.387 e. The SMILES string of the molecule is CN1C(=O)c2c(F)ccc(OC(F)F)c2[C@H]2C[C@@H]1c1nn3ccc(-c4cnc(C5(N)CCC5)nc4)cc3c12. The highest BCUT2D eigenvalue weighted by Gasteiger charge is 2.47. The number of hydrogen-bond donors (Lipinski definition) is 1. The number of nitrogens with zero attached hydrogens (tertiary/aromatic N) is 5. The van der Waals surface area contributed by atoms with Gasteiger partial charge in [0.1, 0.15) is 17.4 Å². The molecule has 2 N–H and O–H groups in total. The van der Waals surface area contributed by atoms with Gasteiger partial charge in [0.05, 0.1) is 28.4 Å². The zero-order chi connectivity index (χ0) is 26.3. The predicted octanol–water partition coefficient (Wildman–Crippen LogP) is 4.53. The number of fused-ring (bicyclic) bond motifs is 9. The largest absolute Gasteiger partial charge is 0.434 e. The third-order valence-corrected chi connectivity index (χ3v) is 8.22. The van der Waals surface area contributed by atoms with Crippen LogP contribution >= 0.6 is 0 Å². The topological polar surface area (TPSA) is 98.6 Å². The normalized spacial score (nSPS) is 21.3. The summed E-state index contributed by atoms with van der Waals surface area (Å²) in [6.45, 7) is -3.12. The molecule has 3 aliphatic rings. The number of carbonyl (C=O) groups excluding carboxylic acids is 1. The van der Waals surface area contributed by atoms with Crippen molar-refractivity contribution in [1.82, 2.24) is 24.5 Å². The highest BCUT2D eigenvalue weighted by atomic mass is 19.3. The minimum absolute atomic E-state index is 0.130. The van der Waals surface area contributed by atoms with Crippen LogP contribution in [0.4, 0.5) is 13.2 Å². The molecule has 1 amide bonds. The van der Waals surface area contributed by atoms with E-state index in [1.54, 1.807) is 30.2 Å². The number of carbonyl (C=O) groups is 1. The number of halogens is 3. The Morgan fingerprint density at radius 3 is 2.58 bits per heavy atom. The van der Waals surface area contributed by atoms with E-state index < -0.39 is 35.8 Å². The minimum atomic E-state index is -3.12. The smallest absolute Gasteiger partial charge is 0.387 e. The first-order valence-electron chi connectivity index (χ1n) is 12.4. The summed E-state index contributed by atoms with van der Waals surface area (Å²) in [5.74, 6) is -1.50. The van der Waals surface area contributed by atoms with Crippen LogP contribution in [0.1, 0.15) is 70.6 Å². The summed E-state index contributed by atoms with van der Waals surface area (Å²) in [6, 6.07) is 5.52. The molecule has 38 heavy (non-hydrogen) atoms. The molecule has 2 bridgehead atoms. The molecule has 4 heterocycles. The van der Waals surface area contributed by atoms with Crippen LogP contribution in [-0.2, 0) is 5.54 Å². The summed E-state index contributed by atoms with van der Waals surface area (Å²) in [5.41, 5.74) is 9.54. The molecule has 2 atom stereocenters. The first kappa shape index (κ1) is 23.2. The average molecular weight is 521 g/mol. The summed E-state index contributed by atoms with van der Waals surface area (Å²) in [7, 11) is 1.58. The van der Waals surface area contributed by atoms with Crippen molar-refractivity contribution in [2.75, 3.05) is 7.05 Å².